The Morgan fingerprint density at radius 3 is 2.72 bits per heavy atom. The number of benzene rings is 1. The van der Waals surface area contributed by atoms with Gasteiger partial charge in [0, 0.05) is 24.2 Å². The topological polar surface area (TPSA) is 119 Å². The summed E-state index contributed by atoms with van der Waals surface area (Å²) in [6.45, 7) is 0.142. The summed E-state index contributed by atoms with van der Waals surface area (Å²) in [5.74, 6) is 0. The molecule has 0 saturated carbocycles. The van der Waals surface area contributed by atoms with Gasteiger partial charge in [0.25, 0.3) is 5.69 Å². The van der Waals surface area contributed by atoms with Crippen LogP contribution in [-0.2, 0) is 0 Å². The maximum absolute atomic E-state index is 10.6. The number of nitro groups is 1. The molecule has 1 aromatic rings. The number of nitriles is 1. The highest BCUT2D eigenvalue weighted by Gasteiger charge is 2.22. The minimum absolute atomic E-state index is 0.0214. The Hall–Kier alpha value is -2.01. The molecule has 0 fully saturated rings. The molecule has 0 aliphatic heterocycles. The summed E-state index contributed by atoms with van der Waals surface area (Å²) in [4.78, 5) is 9.94. The molecular weight excluding hydrogens is 238 g/mol. The van der Waals surface area contributed by atoms with E-state index in [1.54, 1.807) is 13.1 Å². The van der Waals surface area contributed by atoms with Gasteiger partial charge in [-0.1, -0.05) is 0 Å². The number of aliphatic hydroxyl groups is 2. The number of nitrogens with zero attached hydrogens (tertiary/aromatic N) is 2. The fourth-order valence-corrected chi connectivity index (χ4v) is 1.54. The lowest BCUT2D eigenvalue weighted by Gasteiger charge is -2.18. The van der Waals surface area contributed by atoms with Crippen LogP contribution in [0.2, 0.25) is 0 Å². The molecule has 0 aliphatic rings. The molecule has 1 aromatic carbocycles. The van der Waals surface area contributed by atoms with Gasteiger partial charge in [-0.05, 0) is 13.1 Å². The van der Waals surface area contributed by atoms with Crippen LogP contribution in [0.3, 0.4) is 0 Å². The Labute approximate surface area is 103 Å². The number of aliphatic hydroxyl groups excluding tert-OH is 2. The third kappa shape index (κ3) is 3.01. The summed E-state index contributed by atoms with van der Waals surface area (Å²) < 4.78 is 0. The second-order valence-corrected chi connectivity index (χ2v) is 3.71. The Bertz CT molecular complexity index is 484. The van der Waals surface area contributed by atoms with Gasteiger partial charge in [0.15, 0.2) is 0 Å². The van der Waals surface area contributed by atoms with E-state index in [2.05, 4.69) is 5.32 Å². The van der Waals surface area contributed by atoms with Gasteiger partial charge in [0.2, 0.25) is 0 Å². The zero-order valence-corrected chi connectivity index (χ0v) is 9.70. The fraction of sp³-hybridized carbons (Fsp3) is 0.364. The van der Waals surface area contributed by atoms with E-state index in [9.17, 15) is 20.3 Å². The van der Waals surface area contributed by atoms with Crippen LogP contribution in [0, 0.1) is 21.4 Å². The molecule has 1 rings (SSSR count). The number of likely N-dealkylation sites (N-methyl/N-ethyl adjacent to an activating group) is 1. The predicted octanol–water partition coefficient (Wildman–Crippen LogP) is 0.0802. The van der Waals surface area contributed by atoms with Crippen LogP contribution in [-0.4, -0.2) is 34.8 Å². The lowest BCUT2D eigenvalue weighted by Crippen LogP contribution is -2.30. The van der Waals surface area contributed by atoms with Crippen LogP contribution in [0.5, 0.6) is 0 Å². The third-order valence-corrected chi connectivity index (χ3v) is 2.46. The number of nitrogens with one attached hydrogen (secondary N) is 1. The van der Waals surface area contributed by atoms with Gasteiger partial charge in [-0.3, -0.25) is 10.1 Å². The van der Waals surface area contributed by atoms with Crippen molar-refractivity contribution >= 4 is 5.69 Å². The molecular formula is C11H13N3O4. The molecule has 2 unspecified atom stereocenters. The molecule has 0 aromatic heterocycles. The monoisotopic (exact) mass is 251 g/mol. The van der Waals surface area contributed by atoms with E-state index in [4.69, 9.17) is 5.26 Å². The Kier molecular flexibility index (Phi) is 4.74. The van der Waals surface area contributed by atoms with Gasteiger partial charge >= 0.3 is 0 Å². The van der Waals surface area contributed by atoms with Crippen LogP contribution in [0.25, 0.3) is 0 Å². The van der Waals surface area contributed by atoms with Gasteiger partial charge < -0.3 is 15.5 Å². The average molecular weight is 251 g/mol. The van der Waals surface area contributed by atoms with Crippen molar-refractivity contribution in [1.82, 2.24) is 5.32 Å². The highest BCUT2D eigenvalue weighted by Crippen LogP contribution is 2.24. The zero-order chi connectivity index (χ0) is 13.7. The Morgan fingerprint density at radius 1 is 1.56 bits per heavy atom. The molecule has 0 saturated heterocycles. The zero-order valence-electron chi connectivity index (χ0n) is 9.70. The van der Waals surface area contributed by atoms with E-state index in [1.165, 1.54) is 12.1 Å². The first-order valence-electron chi connectivity index (χ1n) is 5.20. The van der Waals surface area contributed by atoms with E-state index in [-0.39, 0.29) is 23.4 Å². The van der Waals surface area contributed by atoms with Gasteiger partial charge in [0.1, 0.15) is 6.10 Å². The highest BCUT2D eigenvalue weighted by atomic mass is 16.6. The molecule has 0 amide bonds. The number of hydrogen-bond donors (Lipinski definition) is 3. The van der Waals surface area contributed by atoms with Crippen LogP contribution >= 0.6 is 0 Å². The predicted molar refractivity (Wildman–Crippen MR) is 62.7 cm³/mol. The minimum Gasteiger partial charge on any atom is -0.389 e. The third-order valence-electron chi connectivity index (χ3n) is 2.46. The van der Waals surface area contributed by atoms with Crippen LogP contribution in [0.4, 0.5) is 5.69 Å². The number of rotatable bonds is 5. The normalized spacial score (nSPS) is 13.7. The first kappa shape index (κ1) is 14.1. The van der Waals surface area contributed by atoms with Crippen molar-refractivity contribution in [2.24, 2.45) is 0 Å². The van der Waals surface area contributed by atoms with E-state index in [0.717, 1.165) is 6.07 Å². The smallest absolute Gasteiger partial charge is 0.270 e. The van der Waals surface area contributed by atoms with Gasteiger partial charge in [-0.15, -0.1) is 0 Å². The summed E-state index contributed by atoms with van der Waals surface area (Å²) in [6, 6.07) is 5.31. The van der Waals surface area contributed by atoms with E-state index >= 15 is 0 Å². The van der Waals surface area contributed by atoms with Crippen molar-refractivity contribution in [2.45, 2.75) is 12.2 Å². The number of nitro benzene ring substituents is 1. The van der Waals surface area contributed by atoms with E-state index in [0.29, 0.717) is 0 Å². The van der Waals surface area contributed by atoms with Crippen molar-refractivity contribution in [3.8, 4) is 6.07 Å². The van der Waals surface area contributed by atoms with Crippen molar-refractivity contribution in [3.05, 3.63) is 39.4 Å². The minimum atomic E-state index is -1.27. The van der Waals surface area contributed by atoms with Crippen LogP contribution < -0.4 is 5.32 Å². The van der Waals surface area contributed by atoms with E-state index < -0.39 is 17.1 Å². The van der Waals surface area contributed by atoms with Gasteiger partial charge in [0.05, 0.1) is 22.7 Å². The lowest BCUT2D eigenvalue weighted by atomic mass is 9.98. The molecule has 3 N–H and O–H groups in total. The molecule has 96 valence electrons. The molecule has 7 heteroatoms. The van der Waals surface area contributed by atoms with Gasteiger partial charge in [-0.25, -0.2) is 0 Å². The van der Waals surface area contributed by atoms with Gasteiger partial charge in [-0.2, -0.15) is 5.26 Å². The molecule has 18 heavy (non-hydrogen) atoms. The summed E-state index contributed by atoms with van der Waals surface area (Å²) in [5, 5.41) is 41.6. The number of hydrogen-bond acceptors (Lipinski definition) is 6. The van der Waals surface area contributed by atoms with Crippen molar-refractivity contribution in [2.75, 3.05) is 13.6 Å². The maximum Gasteiger partial charge on any atom is 0.270 e. The summed E-state index contributed by atoms with van der Waals surface area (Å²) >= 11 is 0. The Morgan fingerprint density at radius 2 is 2.22 bits per heavy atom. The van der Waals surface area contributed by atoms with Crippen LogP contribution in [0.15, 0.2) is 18.2 Å². The molecule has 2 atom stereocenters. The summed E-state index contributed by atoms with van der Waals surface area (Å²) in [5.41, 5.74) is -0.0803. The second kappa shape index (κ2) is 6.07. The Balaban J connectivity index is 3.10. The molecule has 0 spiro atoms. The average Bonchev–Trinajstić information content (AvgIpc) is 2.37. The van der Waals surface area contributed by atoms with Crippen LogP contribution in [0.1, 0.15) is 17.2 Å². The standard InChI is InChI=1S/C11H13N3O4/c1-13-6-10(15)11(16)9-3-2-8(14(17)18)4-7(9)5-12/h2-4,10-11,13,15-16H,6H2,1H3. The molecule has 0 radical (unpaired) electrons. The second-order valence-electron chi connectivity index (χ2n) is 3.71. The van der Waals surface area contributed by atoms with Crippen molar-refractivity contribution < 1.29 is 15.1 Å². The SMILES string of the molecule is CNCC(O)C(O)c1ccc([N+](=O)[O-])cc1C#N. The molecule has 0 heterocycles. The maximum atomic E-state index is 10.6. The first-order chi connectivity index (χ1) is 8.51. The number of non-ortho nitro benzene ring substituents is 1. The largest absolute Gasteiger partial charge is 0.389 e. The summed E-state index contributed by atoms with van der Waals surface area (Å²) in [6.07, 6.45) is -2.36. The van der Waals surface area contributed by atoms with Crippen molar-refractivity contribution in [1.29, 1.82) is 5.26 Å². The molecule has 7 nitrogen and oxygen atoms in total. The quantitative estimate of drug-likeness (QED) is 0.503. The first-order valence-corrected chi connectivity index (χ1v) is 5.20. The van der Waals surface area contributed by atoms with Crippen molar-refractivity contribution in [3.63, 3.8) is 0 Å². The highest BCUT2D eigenvalue weighted by molar-refractivity contribution is 5.47. The summed E-state index contributed by atoms with van der Waals surface area (Å²) in [7, 11) is 1.61. The lowest BCUT2D eigenvalue weighted by molar-refractivity contribution is -0.384. The molecule has 0 bridgehead atoms. The fourth-order valence-electron chi connectivity index (χ4n) is 1.54. The van der Waals surface area contributed by atoms with E-state index in [1.807, 2.05) is 0 Å². The molecule has 0 aliphatic carbocycles.